The molecule has 0 fully saturated rings. The number of rotatable bonds is 7. The summed E-state index contributed by atoms with van der Waals surface area (Å²) in [4.78, 5) is 8.52. The minimum atomic E-state index is 0.362. The smallest absolute Gasteiger partial charge is 0.226 e. The van der Waals surface area contributed by atoms with Crippen LogP contribution in [0.3, 0.4) is 0 Å². The monoisotopic (exact) mass is 237 g/mol. The second-order valence-electron chi connectivity index (χ2n) is 4.39. The first-order valence-electron chi connectivity index (χ1n) is 6.39. The van der Waals surface area contributed by atoms with Crippen molar-refractivity contribution in [3.63, 3.8) is 0 Å². The van der Waals surface area contributed by atoms with Gasteiger partial charge in [0.1, 0.15) is 0 Å². The Bertz CT molecular complexity index is 330. The van der Waals surface area contributed by atoms with Crippen LogP contribution in [0.15, 0.2) is 12.3 Å². The number of anilines is 1. The molecule has 0 spiro atoms. The van der Waals surface area contributed by atoms with Crippen LogP contribution in [-0.4, -0.2) is 22.6 Å². The van der Waals surface area contributed by atoms with E-state index in [2.05, 4.69) is 43.0 Å². The molecule has 0 aliphatic heterocycles. The van der Waals surface area contributed by atoms with E-state index in [4.69, 9.17) is 4.74 Å². The summed E-state index contributed by atoms with van der Waals surface area (Å²) in [5, 5.41) is 3.31. The van der Waals surface area contributed by atoms with E-state index in [1.54, 1.807) is 12.3 Å². The minimum Gasteiger partial charge on any atom is -0.478 e. The fraction of sp³-hybridized carbons (Fsp3) is 0.692. The lowest BCUT2D eigenvalue weighted by atomic mass is 10.0. The Balaban J connectivity index is 2.58. The summed E-state index contributed by atoms with van der Waals surface area (Å²) in [6, 6.07) is 2.15. The molecule has 0 radical (unpaired) electrons. The van der Waals surface area contributed by atoms with Crippen LogP contribution >= 0.6 is 0 Å². The van der Waals surface area contributed by atoms with E-state index in [0.717, 1.165) is 12.8 Å². The third-order valence-corrected chi connectivity index (χ3v) is 2.94. The van der Waals surface area contributed by atoms with Crippen LogP contribution in [0.2, 0.25) is 0 Å². The van der Waals surface area contributed by atoms with Gasteiger partial charge in [-0.05, 0) is 19.3 Å². The molecule has 1 aromatic heterocycles. The third-order valence-electron chi connectivity index (χ3n) is 2.94. The van der Waals surface area contributed by atoms with E-state index in [1.165, 1.54) is 0 Å². The highest BCUT2D eigenvalue weighted by Gasteiger charge is 2.11. The molecule has 0 amide bonds. The van der Waals surface area contributed by atoms with E-state index in [0.29, 0.717) is 30.4 Å². The van der Waals surface area contributed by atoms with E-state index < -0.39 is 0 Å². The Morgan fingerprint density at radius 3 is 2.76 bits per heavy atom. The van der Waals surface area contributed by atoms with Crippen molar-refractivity contribution in [2.45, 2.75) is 46.6 Å². The summed E-state index contributed by atoms with van der Waals surface area (Å²) in [6.45, 7) is 9.32. The quantitative estimate of drug-likeness (QED) is 0.791. The molecule has 1 rings (SSSR count). The van der Waals surface area contributed by atoms with Gasteiger partial charge in [-0.25, -0.2) is 4.98 Å². The predicted octanol–water partition coefficient (Wildman–Crippen LogP) is 3.11. The molecule has 2 unspecified atom stereocenters. The second kappa shape index (κ2) is 7.09. The topological polar surface area (TPSA) is 47.0 Å². The number of nitrogens with one attached hydrogen (secondary N) is 1. The molecule has 0 saturated carbocycles. The molecule has 96 valence electrons. The van der Waals surface area contributed by atoms with E-state index in [9.17, 15) is 0 Å². The first kappa shape index (κ1) is 13.7. The minimum absolute atomic E-state index is 0.362. The third kappa shape index (κ3) is 4.59. The lowest BCUT2D eigenvalue weighted by Gasteiger charge is -2.19. The Kier molecular flexibility index (Phi) is 5.73. The van der Waals surface area contributed by atoms with Gasteiger partial charge >= 0.3 is 0 Å². The zero-order chi connectivity index (χ0) is 12.7. The molecular formula is C13H23N3O. The highest BCUT2D eigenvalue weighted by molar-refractivity contribution is 5.28. The van der Waals surface area contributed by atoms with E-state index >= 15 is 0 Å². The van der Waals surface area contributed by atoms with Gasteiger partial charge in [-0.2, -0.15) is 4.98 Å². The van der Waals surface area contributed by atoms with Crippen molar-refractivity contribution in [3.8, 4) is 5.88 Å². The van der Waals surface area contributed by atoms with Crippen LogP contribution in [0.1, 0.15) is 40.5 Å². The number of hydrogen-bond donors (Lipinski definition) is 1. The summed E-state index contributed by atoms with van der Waals surface area (Å²) in [7, 11) is 0. The maximum Gasteiger partial charge on any atom is 0.226 e. The Hall–Kier alpha value is -1.32. The van der Waals surface area contributed by atoms with Gasteiger partial charge in [-0.15, -0.1) is 0 Å². The summed E-state index contributed by atoms with van der Waals surface area (Å²) in [6.07, 6.45) is 3.85. The second-order valence-corrected chi connectivity index (χ2v) is 4.39. The van der Waals surface area contributed by atoms with Crippen LogP contribution in [0.4, 0.5) is 5.95 Å². The number of hydrogen-bond acceptors (Lipinski definition) is 4. The van der Waals surface area contributed by atoms with E-state index in [1.807, 2.05) is 0 Å². The number of aromatic nitrogens is 2. The summed E-state index contributed by atoms with van der Waals surface area (Å²) in [5.74, 6) is 1.88. The Labute approximate surface area is 104 Å². The van der Waals surface area contributed by atoms with Gasteiger partial charge < -0.3 is 10.1 Å². The van der Waals surface area contributed by atoms with Crippen LogP contribution < -0.4 is 10.1 Å². The standard InChI is InChI=1S/C13H23N3O/c1-5-9-17-12-7-8-14-13(16-12)15-11(4)10(3)6-2/h7-8,10-11H,5-6,9H2,1-4H3,(H,14,15,16). The first-order valence-corrected chi connectivity index (χ1v) is 6.39. The molecule has 0 saturated heterocycles. The molecule has 17 heavy (non-hydrogen) atoms. The van der Waals surface area contributed by atoms with Crippen molar-refractivity contribution < 1.29 is 4.74 Å². The highest BCUT2D eigenvalue weighted by atomic mass is 16.5. The van der Waals surface area contributed by atoms with E-state index in [-0.39, 0.29) is 0 Å². The zero-order valence-corrected chi connectivity index (χ0v) is 11.2. The number of nitrogens with zero attached hydrogens (tertiary/aromatic N) is 2. The molecule has 0 bridgehead atoms. The zero-order valence-electron chi connectivity index (χ0n) is 11.2. The fourth-order valence-electron chi connectivity index (χ4n) is 1.40. The Morgan fingerprint density at radius 1 is 1.35 bits per heavy atom. The van der Waals surface area contributed by atoms with Crippen molar-refractivity contribution in [1.82, 2.24) is 9.97 Å². The molecule has 0 aromatic carbocycles. The fourth-order valence-corrected chi connectivity index (χ4v) is 1.40. The highest BCUT2D eigenvalue weighted by Crippen LogP contribution is 2.14. The summed E-state index contributed by atoms with van der Waals surface area (Å²) < 4.78 is 5.47. The molecule has 4 heteroatoms. The lowest BCUT2D eigenvalue weighted by molar-refractivity contribution is 0.305. The van der Waals surface area contributed by atoms with Gasteiger partial charge in [0.2, 0.25) is 11.8 Å². The first-order chi connectivity index (χ1) is 8.17. The van der Waals surface area contributed by atoms with Crippen molar-refractivity contribution in [1.29, 1.82) is 0 Å². The lowest BCUT2D eigenvalue weighted by Crippen LogP contribution is -2.24. The van der Waals surface area contributed by atoms with Gasteiger partial charge in [-0.3, -0.25) is 0 Å². The molecule has 1 heterocycles. The molecule has 0 aliphatic rings. The molecule has 1 aromatic rings. The average molecular weight is 237 g/mol. The maximum absolute atomic E-state index is 5.47. The number of ether oxygens (including phenoxy) is 1. The predicted molar refractivity (Wildman–Crippen MR) is 70.4 cm³/mol. The summed E-state index contributed by atoms with van der Waals surface area (Å²) >= 11 is 0. The normalized spacial score (nSPS) is 14.1. The van der Waals surface area contributed by atoms with Gasteiger partial charge in [-0.1, -0.05) is 27.2 Å². The van der Waals surface area contributed by atoms with Crippen LogP contribution in [0.25, 0.3) is 0 Å². The maximum atomic E-state index is 5.47. The molecule has 0 aliphatic carbocycles. The van der Waals surface area contributed by atoms with Crippen LogP contribution in [0, 0.1) is 5.92 Å². The van der Waals surface area contributed by atoms with Crippen molar-refractivity contribution in [2.75, 3.05) is 11.9 Å². The van der Waals surface area contributed by atoms with Crippen LogP contribution in [-0.2, 0) is 0 Å². The molecular weight excluding hydrogens is 214 g/mol. The van der Waals surface area contributed by atoms with Crippen molar-refractivity contribution >= 4 is 5.95 Å². The largest absolute Gasteiger partial charge is 0.478 e. The van der Waals surface area contributed by atoms with Crippen LogP contribution in [0.5, 0.6) is 5.88 Å². The molecule has 2 atom stereocenters. The summed E-state index contributed by atoms with van der Waals surface area (Å²) in [5.41, 5.74) is 0. The van der Waals surface area contributed by atoms with Gasteiger partial charge in [0.25, 0.3) is 0 Å². The molecule has 4 nitrogen and oxygen atoms in total. The molecule has 1 N–H and O–H groups in total. The SMILES string of the molecule is CCCOc1ccnc(NC(C)C(C)CC)n1. The van der Waals surface area contributed by atoms with Crippen molar-refractivity contribution in [3.05, 3.63) is 12.3 Å². The van der Waals surface area contributed by atoms with Gasteiger partial charge in [0, 0.05) is 18.3 Å². The Morgan fingerprint density at radius 2 is 2.12 bits per heavy atom. The van der Waals surface area contributed by atoms with Gasteiger partial charge in [0.05, 0.1) is 6.61 Å². The van der Waals surface area contributed by atoms with Gasteiger partial charge in [0.15, 0.2) is 0 Å². The average Bonchev–Trinajstić information content (AvgIpc) is 2.35. The van der Waals surface area contributed by atoms with Crippen molar-refractivity contribution in [2.24, 2.45) is 5.92 Å².